The largest absolute Gasteiger partial charge is 0.390 e. The van der Waals surface area contributed by atoms with Crippen LogP contribution >= 0.6 is 0 Å². The molecular formula is C28H32F2N6O2. The molecule has 4 rings (SSSR count). The summed E-state index contributed by atoms with van der Waals surface area (Å²) in [5, 5.41) is 21.3. The predicted molar refractivity (Wildman–Crippen MR) is 139 cm³/mol. The molecule has 0 aliphatic carbocycles. The molecule has 3 N–H and O–H groups in total. The molecule has 0 aliphatic rings. The molecule has 2 aromatic heterocycles. The number of fused-ring (bicyclic) bond motifs is 1. The molecule has 0 saturated carbocycles. The number of rotatable bonds is 11. The van der Waals surface area contributed by atoms with Crippen molar-refractivity contribution in [1.82, 2.24) is 30.2 Å². The normalized spacial score (nSPS) is 13.0. The number of benzene rings is 2. The van der Waals surface area contributed by atoms with Crippen molar-refractivity contribution in [2.45, 2.75) is 58.7 Å². The zero-order valence-electron chi connectivity index (χ0n) is 21.7. The summed E-state index contributed by atoms with van der Waals surface area (Å²) in [4.78, 5) is 21.6. The van der Waals surface area contributed by atoms with Gasteiger partial charge in [-0.15, -0.1) is 5.10 Å². The molecule has 0 fully saturated rings. The molecule has 38 heavy (non-hydrogen) atoms. The average molecular weight is 523 g/mol. The van der Waals surface area contributed by atoms with Gasteiger partial charge in [-0.2, -0.15) is 4.98 Å². The summed E-state index contributed by atoms with van der Waals surface area (Å²) in [6.07, 6.45) is -0.210. The Morgan fingerprint density at radius 3 is 2.50 bits per heavy atom. The molecular weight excluding hydrogens is 490 g/mol. The lowest BCUT2D eigenvalue weighted by atomic mass is 10.00. The minimum absolute atomic E-state index is 0.0348. The second-order valence-electron chi connectivity index (χ2n) is 9.48. The number of aromatic nitrogens is 4. The predicted octanol–water partition coefficient (Wildman–Crippen LogP) is 3.00. The first-order valence-electron chi connectivity index (χ1n) is 12.6. The number of nitrogens with zero attached hydrogens (tertiary/aromatic N) is 4. The van der Waals surface area contributed by atoms with E-state index in [4.69, 9.17) is 0 Å². The van der Waals surface area contributed by atoms with Crippen molar-refractivity contribution in [3.63, 3.8) is 0 Å². The second kappa shape index (κ2) is 12.2. The number of amides is 1. The molecule has 2 aromatic carbocycles. The van der Waals surface area contributed by atoms with E-state index in [-0.39, 0.29) is 25.2 Å². The minimum atomic E-state index is -1.03. The molecule has 0 bridgehead atoms. The summed E-state index contributed by atoms with van der Waals surface area (Å²) in [6.45, 7) is 6.49. The first-order valence-corrected chi connectivity index (χ1v) is 12.6. The topological polar surface area (TPSA) is 104 Å². The number of aryl methyl sites for hydroxylation is 3. The molecule has 4 aromatic rings. The minimum Gasteiger partial charge on any atom is -0.390 e. The second-order valence-corrected chi connectivity index (χ2v) is 9.48. The summed E-state index contributed by atoms with van der Waals surface area (Å²) in [7, 11) is 0. The number of halogens is 2. The Bertz CT molecular complexity index is 1400. The molecule has 0 saturated heterocycles. The standard InChI is InChI=1S/C28H32F2N6O2/c1-4-19-6-5-7-20(9-19)15-31-16-25(37)24(12-21-10-22(29)13-23(30)11-21)33-27(38)14-26-34-28-32-17(2)8-18(3)36(28)35-26/h5-11,13,24-25,31,37H,4,12,14-16H2,1-3H3,(H,33,38)/t24-,25-/m0/s1. The summed E-state index contributed by atoms with van der Waals surface area (Å²) in [6, 6.07) is 12.4. The van der Waals surface area contributed by atoms with Crippen molar-refractivity contribution < 1.29 is 18.7 Å². The lowest BCUT2D eigenvalue weighted by Gasteiger charge is -2.25. The number of hydrogen-bond donors (Lipinski definition) is 3. The van der Waals surface area contributed by atoms with E-state index in [1.807, 2.05) is 32.0 Å². The van der Waals surface area contributed by atoms with Gasteiger partial charge in [0.25, 0.3) is 5.78 Å². The van der Waals surface area contributed by atoms with Crippen LogP contribution < -0.4 is 10.6 Å². The molecule has 0 spiro atoms. The smallest absolute Gasteiger partial charge is 0.252 e. The van der Waals surface area contributed by atoms with Gasteiger partial charge in [0.05, 0.1) is 18.6 Å². The maximum atomic E-state index is 13.8. The molecule has 0 radical (unpaired) electrons. The van der Waals surface area contributed by atoms with Gasteiger partial charge in [0.15, 0.2) is 5.82 Å². The quantitative estimate of drug-likeness (QED) is 0.280. The molecule has 0 aliphatic heterocycles. The Hall–Kier alpha value is -3.76. The number of nitrogens with one attached hydrogen (secondary N) is 2. The van der Waals surface area contributed by atoms with Crippen LogP contribution in [0, 0.1) is 25.5 Å². The van der Waals surface area contributed by atoms with E-state index in [1.54, 1.807) is 4.52 Å². The molecule has 200 valence electrons. The fourth-order valence-electron chi connectivity index (χ4n) is 4.42. The van der Waals surface area contributed by atoms with E-state index in [1.165, 1.54) is 17.7 Å². The van der Waals surface area contributed by atoms with Crippen molar-refractivity contribution in [2.24, 2.45) is 0 Å². The van der Waals surface area contributed by atoms with Crippen LogP contribution in [0.2, 0.25) is 0 Å². The number of carbonyl (C=O) groups is 1. The van der Waals surface area contributed by atoms with Gasteiger partial charge in [-0.25, -0.2) is 18.3 Å². The Kier molecular flexibility index (Phi) is 8.75. The first kappa shape index (κ1) is 27.3. The van der Waals surface area contributed by atoms with E-state index < -0.39 is 29.7 Å². The molecule has 10 heteroatoms. The Morgan fingerprint density at radius 1 is 1.03 bits per heavy atom. The first-order chi connectivity index (χ1) is 18.2. The fourth-order valence-corrected chi connectivity index (χ4v) is 4.42. The van der Waals surface area contributed by atoms with Gasteiger partial charge in [-0.05, 0) is 61.6 Å². The summed E-state index contributed by atoms with van der Waals surface area (Å²) < 4.78 is 29.2. The van der Waals surface area contributed by atoms with Crippen LogP contribution in [0.1, 0.15) is 40.8 Å². The SMILES string of the molecule is CCc1cccc(CNC[C@H](O)[C@H](Cc2cc(F)cc(F)c2)NC(=O)Cc2nc3nc(C)cc(C)n3n2)c1. The lowest BCUT2D eigenvalue weighted by Crippen LogP contribution is -2.49. The fraction of sp³-hybridized carbons (Fsp3) is 0.357. The molecule has 8 nitrogen and oxygen atoms in total. The van der Waals surface area contributed by atoms with E-state index in [9.17, 15) is 18.7 Å². The third-order valence-corrected chi connectivity index (χ3v) is 6.25. The van der Waals surface area contributed by atoms with Gasteiger partial charge in [0.1, 0.15) is 11.6 Å². The summed E-state index contributed by atoms with van der Waals surface area (Å²) in [5.41, 5.74) is 4.23. The zero-order chi connectivity index (χ0) is 27.2. The molecule has 0 unspecified atom stereocenters. The highest BCUT2D eigenvalue weighted by atomic mass is 19.1. The van der Waals surface area contributed by atoms with Crippen LogP contribution in [0.3, 0.4) is 0 Å². The van der Waals surface area contributed by atoms with Gasteiger partial charge in [0.2, 0.25) is 5.91 Å². The van der Waals surface area contributed by atoms with Crippen LogP contribution in [0.4, 0.5) is 8.78 Å². The van der Waals surface area contributed by atoms with Crippen molar-refractivity contribution in [2.75, 3.05) is 6.54 Å². The highest BCUT2D eigenvalue weighted by Crippen LogP contribution is 2.13. The van der Waals surface area contributed by atoms with Crippen LogP contribution in [0.25, 0.3) is 5.78 Å². The van der Waals surface area contributed by atoms with Crippen LogP contribution in [-0.4, -0.2) is 49.3 Å². The lowest BCUT2D eigenvalue weighted by molar-refractivity contribution is -0.122. The third-order valence-electron chi connectivity index (χ3n) is 6.25. The van der Waals surface area contributed by atoms with Crippen LogP contribution in [-0.2, 0) is 30.6 Å². The van der Waals surface area contributed by atoms with Crippen molar-refractivity contribution in [1.29, 1.82) is 0 Å². The average Bonchev–Trinajstić information content (AvgIpc) is 3.25. The Morgan fingerprint density at radius 2 is 1.76 bits per heavy atom. The van der Waals surface area contributed by atoms with Gasteiger partial charge >= 0.3 is 0 Å². The van der Waals surface area contributed by atoms with Gasteiger partial charge in [-0.3, -0.25) is 4.79 Å². The van der Waals surface area contributed by atoms with Crippen molar-refractivity contribution >= 4 is 11.7 Å². The Labute approximate surface area is 220 Å². The highest BCUT2D eigenvalue weighted by molar-refractivity contribution is 5.78. The zero-order valence-corrected chi connectivity index (χ0v) is 21.7. The monoisotopic (exact) mass is 522 g/mol. The number of aliphatic hydroxyl groups is 1. The Balaban J connectivity index is 1.45. The van der Waals surface area contributed by atoms with Crippen LogP contribution in [0.5, 0.6) is 0 Å². The van der Waals surface area contributed by atoms with Gasteiger partial charge in [-0.1, -0.05) is 31.2 Å². The van der Waals surface area contributed by atoms with E-state index in [0.717, 1.165) is 29.4 Å². The van der Waals surface area contributed by atoms with Crippen LogP contribution in [0.15, 0.2) is 48.5 Å². The van der Waals surface area contributed by atoms with Crippen molar-refractivity contribution in [3.05, 3.63) is 94.1 Å². The number of aliphatic hydroxyl groups excluding tert-OH is 1. The third kappa shape index (κ3) is 7.17. The summed E-state index contributed by atoms with van der Waals surface area (Å²) >= 11 is 0. The molecule has 2 heterocycles. The van der Waals surface area contributed by atoms with Gasteiger partial charge in [0, 0.05) is 30.5 Å². The highest BCUT2D eigenvalue weighted by Gasteiger charge is 2.23. The maximum Gasteiger partial charge on any atom is 0.252 e. The van der Waals surface area contributed by atoms with E-state index in [0.29, 0.717) is 17.9 Å². The number of hydrogen-bond acceptors (Lipinski definition) is 6. The van der Waals surface area contributed by atoms with E-state index in [2.05, 4.69) is 44.8 Å². The van der Waals surface area contributed by atoms with Gasteiger partial charge < -0.3 is 15.7 Å². The molecule has 2 atom stereocenters. The summed E-state index contributed by atoms with van der Waals surface area (Å²) in [5.74, 6) is -1.19. The van der Waals surface area contributed by atoms with Crippen molar-refractivity contribution in [3.8, 4) is 0 Å². The maximum absolute atomic E-state index is 13.8. The van der Waals surface area contributed by atoms with E-state index >= 15 is 0 Å². The molecule has 1 amide bonds. The number of carbonyl (C=O) groups excluding carboxylic acids is 1.